The Morgan fingerprint density at radius 2 is 1.71 bits per heavy atom. The lowest BCUT2D eigenvalue weighted by molar-refractivity contribution is -0.384. The number of nitro groups is 1. The molecule has 0 radical (unpaired) electrons. The zero-order valence-corrected chi connectivity index (χ0v) is 20.5. The Bertz CT molecular complexity index is 1280. The van der Waals surface area contributed by atoms with Gasteiger partial charge in [0, 0.05) is 30.9 Å². The average molecular weight is 474 g/mol. The maximum absolute atomic E-state index is 12.2. The van der Waals surface area contributed by atoms with Crippen molar-refractivity contribution in [2.24, 2.45) is 11.8 Å². The number of rotatable bonds is 10. The average Bonchev–Trinajstić information content (AvgIpc) is 3.26. The first kappa shape index (κ1) is 24.1. The summed E-state index contributed by atoms with van der Waals surface area (Å²) in [5, 5.41) is 24.3. The van der Waals surface area contributed by atoms with E-state index in [1.807, 2.05) is 54.6 Å². The molecule has 0 fully saturated rings. The van der Waals surface area contributed by atoms with E-state index >= 15 is 0 Å². The van der Waals surface area contributed by atoms with Crippen LogP contribution in [0.1, 0.15) is 39.4 Å². The van der Waals surface area contributed by atoms with E-state index < -0.39 is 6.17 Å². The van der Waals surface area contributed by atoms with E-state index in [-0.39, 0.29) is 10.6 Å². The number of anilines is 2. The van der Waals surface area contributed by atoms with Crippen molar-refractivity contribution in [2.75, 3.05) is 23.3 Å². The van der Waals surface area contributed by atoms with Gasteiger partial charge >= 0.3 is 0 Å². The number of para-hydroxylation sites is 1. The van der Waals surface area contributed by atoms with Crippen molar-refractivity contribution < 1.29 is 4.92 Å². The number of pyridine rings is 1. The first-order chi connectivity index (χ1) is 16.8. The van der Waals surface area contributed by atoms with E-state index in [0.717, 1.165) is 24.1 Å². The Hall–Kier alpha value is -4.01. The number of benzene rings is 2. The summed E-state index contributed by atoms with van der Waals surface area (Å²) in [6, 6.07) is 18.6. The van der Waals surface area contributed by atoms with Gasteiger partial charge in [0.25, 0.3) is 5.69 Å². The van der Waals surface area contributed by atoms with Crippen molar-refractivity contribution in [3.8, 4) is 0 Å². The molecule has 1 N–H and O–H groups in total. The van der Waals surface area contributed by atoms with E-state index in [4.69, 9.17) is 0 Å². The zero-order chi connectivity index (χ0) is 24.9. The third-order valence-corrected chi connectivity index (χ3v) is 5.60. The van der Waals surface area contributed by atoms with Crippen LogP contribution in [-0.2, 0) is 0 Å². The molecule has 182 valence electrons. The van der Waals surface area contributed by atoms with Gasteiger partial charge < -0.3 is 10.2 Å². The fourth-order valence-electron chi connectivity index (χ4n) is 4.23. The quantitative estimate of drug-likeness (QED) is 0.239. The van der Waals surface area contributed by atoms with Crippen molar-refractivity contribution in [1.82, 2.24) is 20.0 Å². The summed E-state index contributed by atoms with van der Waals surface area (Å²) in [5.74, 6) is 1.37. The first-order valence-corrected chi connectivity index (χ1v) is 11.8. The number of fused-ring (bicyclic) bond motifs is 1. The molecule has 9 heteroatoms. The maximum Gasteiger partial charge on any atom is 0.292 e. The predicted molar refractivity (Wildman–Crippen MR) is 139 cm³/mol. The van der Waals surface area contributed by atoms with Gasteiger partial charge in [0.1, 0.15) is 23.2 Å². The van der Waals surface area contributed by atoms with Crippen molar-refractivity contribution in [2.45, 2.75) is 33.9 Å². The summed E-state index contributed by atoms with van der Waals surface area (Å²) in [7, 11) is 0. The van der Waals surface area contributed by atoms with Crippen molar-refractivity contribution in [1.29, 1.82) is 0 Å². The number of hydrogen-bond donors (Lipinski definition) is 1. The minimum atomic E-state index is -0.548. The molecule has 0 aliphatic heterocycles. The molecule has 0 unspecified atom stereocenters. The Balaban J connectivity index is 1.82. The van der Waals surface area contributed by atoms with Crippen LogP contribution in [0.2, 0.25) is 0 Å². The van der Waals surface area contributed by atoms with E-state index in [1.165, 1.54) is 0 Å². The minimum Gasteiger partial charge on any atom is -0.365 e. The van der Waals surface area contributed by atoms with Crippen LogP contribution in [0.15, 0.2) is 66.9 Å². The molecule has 0 aliphatic rings. The molecule has 0 aliphatic carbocycles. The second-order valence-corrected chi connectivity index (χ2v) is 9.48. The smallest absolute Gasteiger partial charge is 0.292 e. The summed E-state index contributed by atoms with van der Waals surface area (Å²) < 4.78 is 1.74. The highest BCUT2D eigenvalue weighted by atomic mass is 16.6. The molecule has 0 bridgehead atoms. The fourth-order valence-corrected chi connectivity index (χ4v) is 4.23. The number of nitro benzene ring substituents is 1. The van der Waals surface area contributed by atoms with Gasteiger partial charge in [-0.2, -0.15) is 0 Å². The lowest BCUT2D eigenvalue weighted by Crippen LogP contribution is -2.32. The second kappa shape index (κ2) is 10.5. The van der Waals surface area contributed by atoms with Gasteiger partial charge in [0.15, 0.2) is 0 Å². The maximum atomic E-state index is 12.2. The Morgan fingerprint density at radius 1 is 1.00 bits per heavy atom. The van der Waals surface area contributed by atoms with Crippen molar-refractivity contribution >= 4 is 28.2 Å². The number of nitrogens with zero attached hydrogens (tertiary/aromatic N) is 6. The van der Waals surface area contributed by atoms with Gasteiger partial charge in [0.05, 0.1) is 10.4 Å². The van der Waals surface area contributed by atoms with Crippen LogP contribution in [0.3, 0.4) is 0 Å². The molecule has 2 aromatic carbocycles. The third kappa shape index (κ3) is 5.56. The second-order valence-electron chi connectivity index (χ2n) is 9.48. The molecule has 1 atom stereocenters. The predicted octanol–water partition coefficient (Wildman–Crippen LogP) is 5.51. The summed E-state index contributed by atoms with van der Waals surface area (Å²) >= 11 is 0. The van der Waals surface area contributed by atoms with Crippen LogP contribution < -0.4 is 10.2 Å². The summed E-state index contributed by atoms with van der Waals surface area (Å²) in [6.07, 6.45) is 1.15. The van der Waals surface area contributed by atoms with Crippen LogP contribution in [0.25, 0.3) is 11.0 Å². The van der Waals surface area contributed by atoms with Gasteiger partial charge in [-0.15, -0.1) is 5.10 Å². The highest BCUT2D eigenvalue weighted by Gasteiger charge is 2.26. The largest absolute Gasteiger partial charge is 0.365 e. The molecule has 2 heterocycles. The van der Waals surface area contributed by atoms with Gasteiger partial charge in [-0.05, 0) is 42.2 Å². The fraction of sp³-hybridized carbons (Fsp3) is 0.346. The van der Waals surface area contributed by atoms with E-state index in [1.54, 1.807) is 16.9 Å². The number of hydrogen-bond acceptors (Lipinski definition) is 7. The lowest BCUT2D eigenvalue weighted by Gasteiger charge is -2.29. The van der Waals surface area contributed by atoms with Gasteiger partial charge in [-0.25, -0.2) is 9.67 Å². The summed E-state index contributed by atoms with van der Waals surface area (Å²) in [6.45, 7) is 9.96. The van der Waals surface area contributed by atoms with Gasteiger partial charge in [0.2, 0.25) is 0 Å². The van der Waals surface area contributed by atoms with Crippen LogP contribution >= 0.6 is 0 Å². The van der Waals surface area contributed by atoms with Crippen molar-refractivity contribution in [3.63, 3.8) is 0 Å². The Morgan fingerprint density at radius 3 is 2.37 bits per heavy atom. The van der Waals surface area contributed by atoms with Crippen LogP contribution in [-0.4, -0.2) is 38.0 Å². The zero-order valence-electron chi connectivity index (χ0n) is 20.5. The van der Waals surface area contributed by atoms with Crippen LogP contribution in [0.5, 0.6) is 0 Å². The Labute approximate surface area is 204 Å². The normalized spacial score (nSPS) is 12.3. The van der Waals surface area contributed by atoms with Gasteiger partial charge in [-0.3, -0.25) is 10.1 Å². The van der Waals surface area contributed by atoms with Gasteiger partial charge in [-0.1, -0.05) is 57.2 Å². The number of aromatic nitrogens is 4. The van der Waals surface area contributed by atoms with Crippen LogP contribution in [0.4, 0.5) is 17.2 Å². The molecule has 4 aromatic rings. The molecule has 0 saturated heterocycles. The molecular formula is C26H31N7O2. The number of nitrogens with one attached hydrogen (secondary N) is 1. The molecule has 0 spiro atoms. The van der Waals surface area contributed by atoms with E-state index in [2.05, 4.69) is 53.2 Å². The molecule has 0 amide bonds. The molecular weight excluding hydrogens is 442 g/mol. The minimum absolute atomic E-state index is 0.0704. The highest BCUT2D eigenvalue weighted by molar-refractivity contribution is 5.74. The van der Waals surface area contributed by atoms with E-state index in [9.17, 15) is 10.1 Å². The molecule has 2 aromatic heterocycles. The third-order valence-electron chi connectivity index (χ3n) is 5.60. The summed E-state index contributed by atoms with van der Waals surface area (Å²) in [4.78, 5) is 18.4. The van der Waals surface area contributed by atoms with Crippen LogP contribution in [0, 0.1) is 22.0 Å². The Kier molecular flexibility index (Phi) is 7.24. The SMILES string of the molecule is CC(C)CN(CC(C)C)c1ccc([C@@H](Nc2ccccn2)n2nnc3ccccc32)cc1[N+](=O)[O-]. The molecule has 4 rings (SSSR count). The standard InChI is InChI=1S/C26H31N7O2/c1-18(2)16-31(17-19(3)4)23-13-12-20(15-24(23)33(34)35)26(28-25-11-7-8-14-27-25)32-22-10-6-5-9-21(22)29-30-32/h5-15,18-19,26H,16-17H2,1-4H3,(H,27,28)/t26-/m0/s1. The summed E-state index contributed by atoms with van der Waals surface area (Å²) in [5.41, 5.74) is 2.94. The van der Waals surface area contributed by atoms with E-state index in [0.29, 0.717) is 28.9 Å². The monoisotopic (exact) mass is 473 g/mol. The highest BCUT2D eigenvalue weighted by Crippen LogP contribution is 2.34. The van der Waals surface area contributed by atoms with Crippen molar-refractivity contribution in [3.05, 3.63) is 82.5 Å². The first-order valence-electron chi connectivity index (χ1n) is 11.8. The topological polar surface area (TPSA) is 102 Å². The molecule has 35 heavy (non-hydrogen) atoms. The molecule has 9 nitrogen and oxygen atoms in total. The lowest BCUT2D eigenvalue weighted by atomic mass is 10.1. The molecule has 0 saturated carbocycles.